The van der Waals surface area contributed by atoms with Crippen LogP contribution in [0.1, 0.15) is 0 Å². The fourth-order valence-corrected chi connectivity index (χ4v) is 8.52. The van der Waals surface area contributed by atoms with Gasteiger partial charge < -0.3 is 8.98 Å². The maximum Gasteiger partial charge on any atom is 0.164 e. The van der Waals surface area contributed by atoms with Crippen molar-refractivity contribution < 1.29 is 4.42 Å². The molecule has 0 aliphatic rings. The highest BCUT2D eigenvalue weighted by Gasteiger charge is 2.19. The van der Waals surface area contributed by atoms with Crippen LogP contribution < -0.4 is 0 Å². The van der Waals surface area contributed by atoms with E-state index in [-0.39, 0.29) is 0 Å². The Kier molecular flexibility index (Phi) is 6.53. The molecule has 6 heteroatoms. The van der Waals surface area contributed by atoms with E-state index in [9.17, 15) is 0 Å². The average molecular weight is 716 g/mol. The van der Waals surface area contributed by atoms with Crippen molar-refractivity contribution in [2.24, 2.45) is 0 Å². The fraction of sp³-hybridized carbons (Fsp3) is 0. The number of benzene rings is 8. The molecule has 0 aliphatic carbocycles. The van der Waals surface area contributed by atoms with Crippen LogP contribution in [0.5, 0.6) is 0 Å². The second-order valence-electron chi connectivity index (χ2n) is 14.3. The van der Waals surface area contributed by atoms with E-state index in [0.717, 1.165) is 71.5 Å². The van der Waals surface area contributed by atoms with Crippen molar-refractivity contribution in [3.63, 3.8) is 0 Å². The third-order valence-corrected chi connectivity index (χ3v) is 11.1. The van der Waals surface area contributed by atoms with Crippen molar-refractivity contribution in [1.82, 2.24) is 24.5 Å². The van der Waals surface area contributed by atoms with Gasteiger partial charge in [-0.2, -0.15) is 0 Å². The number of furan rings is 1. The molecule has 12 rings (SSSR count). The summed E-state index contributed by atoms with van der Waals surface area (Å²) in [6, 6.07) is 57.6. The molecule has 0 fully saturated rings. The molecule has 4 heterocycles. The molecule has 4 aromatic heterocycles. The fourth-order valence-electron chi connectivity index (χ4n) is 8.52. The first-order valence-corrected chi connectivity index (χ1v) is 18.7. The van der Waals surface area contributed by atoms with Gasteiger partial charge in [0.25, 0.3) is 0 Å². The van der Waals surface area contributed by atoms with E-state index in [0.29, 0.717) is 17.5 Å². The zero-order valence-electron chi connectivity index (χ0n) is 29.9. The summed E-state index contributed by atoms with van der Waals surface area (Å²) in [6.45, 7) is 0. The number of pyridine rings is 1. The number of rotatable bonds is 4. The van der Waals surface area contributed by atoms with Gasteiger partial charge in [0, 0.05) is 49.8 Å². The molecule has 0 unspecified atom stereocenters. The molecule has 0 amide bonds. The van der Waals surface area contributed by atoms with Crippen LogP contribution in [-0.4, -0.2) is 24.5 Å². The predicted molar refractivity (Wildman–Crippen MR) is 228 cm³/mol. The summed E-state index contributed by atoms with van der Waals surface area (Å²) in [5, 5.41) is 11.4. The maximum absolute atomic E-state index is 6.26. The van der Waals surface area contributed by atoms with Gasteiger partial charge in [-0.3, -0.25) is 4.98 Å². The molecule has 6 nitrogen and oxygen atoms in total. The van der Waals surface area contributed by atoms with Crippen molar-refractivity contribution in [1.29, 1.82) is 0 Å². The lowest BCUT2D eigenvalue weighted by Crippen LogP contribution is -2.02. The highest BCUT2D eigenvalue weighted by Crippen LogP contribution is 2.39. The van der Waals surface area contributed by atoms with E-state index in [1.165, 1.54) is 26.9 Å². The molecular weight excluding hydrogens is 687 g/mol. The lowest BCUT2D eigenvalue weighted by Gasteiger charge is -2.15. The van der Waals surface area contributed by atoms with E-state index < -0.39 is 0 Å². The molecule has 0 aliphatic heterocycles. The van der Waals surface area contributed by atoms with Gasteiger partial charge in [0.1, 0.15) is 5.58 Å². The Morgan fingerprint density at radius 1 is 0.393 bits per heavy atom. The highest BCUT2D eigenvalue weighted by atomic mass is 16.3. The summed E-state index contributed by atoms with van der Waals surface area (Å²) in [5.74, 6) is 1.77. The van der Waals surface area contributed by atoms with Crippen molar-refractivity contribution in [3.05, 3.63) is 176 Å². The minimum Gasteiger partial charge on any atom is -0.454 e. The Bertz CT molecular complexity index is 3510. The SMILES string of the molecule is c1ccc2c(c1)ccc1ccc(-c3nc(-c4ccc5c(c4)oc4cnccc45)nc(-c4ccc(-n5c6ccccc6c6ccccc65)c5ccccc45)n3)cc12. The van der Waals surface area contributed by atoms with Crippen molar-refractivity contribution in [3.8, 4) is 39.9 Å². The Morgan fingerprint density at radius 2 is 0.982 bits per heavy atom. The Hall–Kier alpha value is -7.70. The summed E-state index contributed by atoms with van der Waals surface area (Å²) in [4.78, 5) is 19.9. The van der Waals surface area contributed by atoms with Gasteiger partial charge in [-0.25, -0.2) is 15.0 Å². The first-order valence-electron chi connectivity index (χ1n) is 18.7. The van der Waals surface area contributed by atoms with Gasteiger partial charge >= 0.3 is 0 Å². The molecule has 0 saturated carbocycles. The Balaban J connectivity index is 1.10. The number of fused-ring (bicyclic) bond motifs is 10. The van der Waals surface area contributed by atoms with Crippen molar-refractivity contribution in [2.75, 3.05) is 0 Å². The third kappa shape index (κ3) is 4.63. The van der Waals surface area contributed by atoms with Gasteiger partial charge in [-0.05, 0) is 75.5 Å². The lowest BCUT2D eigenvalue weighted by molar-refractivity contribution is 0.667. The zero-order valence-corrected chi connectivity index (χ0v) is 29.9. The first kappa shape index (κ1) is 30.7. The minimum absolute atomic E-state index is 0.569. The monoisotopic (exact) mass is 715 g/mol. The number of hydrogen-bond acceptors (Lipinski definition) is 5. The topological polar surface area (TPSA) is 69.6 Å². The molecule has 260 valence electrons. The van der Waals surface area contributed by atoms with Crippen molar-refractivity contribution in [2.45, 2.75) is 0 Å². The van der Waals surface area contributed by atoms with Crippen LogP contribution in [0.25, 0.3) is 116 Å². The van der Waals surface area contributed by atoms with E-state index in [2.05, 4.69) is 161 Å². The van der Waals surface area contributed by atoms with E-state index in [1.807, 2.05) is 12.1 Å². The lowest BCUT2D eigenvalue weighted by atomic mass is 9.99. The first-order chi connectivity index (χ1) is 27.7. The quantitative estimate of drug-likeness (QED) is 0.170. The summed E-state index contributed by atoms with van der Waals surface area (Å²) in [7, 11) is 0. The second kappa shape index (κ2) is 11.9. The Morgan fingerprint density at radius 3 is 1.77 bits per heavy atom. The standard InChI is InChI=1S/C50H29N5O/c1-2-10-34-30(9-1)17-18-31-19-20-32(27-42(31)34)48-52-49(33-21-22-39-40-25-26-51-29-47(40)56-46(39)28-33)54-50(53-48)41-23-24-45(36-12-4-3-11-35(36)41)55-43-15-7-5-13-37(43)38-14-6-8-16-44(38)55/h1-29H. The van der Waals surface area contributed by atoms with Crippen LogP contribution in [0.2, 0.25) is 0 Å². The van der Waals surface area contributed by atoms with E-state index in [4.69, 9.17) is 19.4 Å². The Labute approximate surface area is 320 Å². The molecular formula is C50H29N5O. The summed E-state index contributed by atoms with van der Waals surface area (Å²) < 4.78 is 8.64. The molecule has 0 spiro atoms. The second-order valence-corrected chi connectivity index (χ2v) is 14.3. The molecule has 0 N–H and O–H groups in total. The van der Waals surface area contributed by atoms with Gasteiger partial charge in [0.2, 0.25) is 0 Å². The third-order valence-electron chi connectivity index (χ3n) is 11.1. The summed E-state index contributed by atoms with van der Waals surface area (Å²) in [6.07, 6.45) is 3.55. The van der Waals surface area contributed by atoms with E-state index >= 15 is 0 Å². The van der Waals surface area contributed by atoms with Crippen LogP contribution in [0.4, 0.5) is 0 Å². The average Bonchev–Trinajstić information content (AvgIpc) is 3.81. The van der Waals surface area contributed by atoms with Gasteiger partial charge in [0.05, 0.1) is 22.9 Å². The van der Waals surface area contributed by atoms with Gasteiger partial charge in [0.15, 0.2) is 23.1 Å². The van der Waals surface area contributed by atoms with E-state index in [1.54, 1.807) is 12.4 Å². The molecule has 56 heavy (non-hydrogen) atoms. The number of aromatic nitrogens is 5. The molecule has 0 atom stereocenters. The molecule has 12 aromatic rings. The van der Waals surface area contributed by atoms with Gasteiger partial charge in [-0.1, -0.05) is 115 Å². The van der Waals surface area contributed by atoms with Crippen molar-refractivity contribution >= 4 is 76.1 Å². The van der Waals surface area contributed by atoms with Crippen LogP contribution in [0.3, 0.4) is 0 Å². The largest absolute Gasteiger partial charge is 0.454 e. The normalized spacial score (nSPS) is 11.9. The molecule has 8 aromatic carbocycles. The predicted octanol–water partition coefficient (Wildman–Crippen LogP) is 12.7. The number of para-hydroxylation sites is 2. The van der Waals surface area contributed by atoms with Crippen LogP contribution in [0.15, 0.2) is 181 Å². The maximum atomic E-state index is 6.26. The smallest absolute Gasteiger partial charge is 0.164 e. The number of hydrogen-bond donors (Lipinski definition) is 0. The summed E-state index contributed by atoms with van der Waals surface area (Å²) >= 11 is 0. The van der Waals surface area contributed by atoms with Crippen LogP contribution in [-0.2, 0) is 0 Å². The van der Waals surface area contributed by atoms with Crippen LogP contribution in [0, 0.1) is 0 Å². The highest BCUT2D eigenvalue weighted by molar-refractivity contribution is 6.12. The summed E-state index contributed by atoms with van der Waals surface area (Å²) in [5.41, 5.74) is 7.61. The molecule has 0 saturated heterocycles. The minimum atomic E-state index is 0.569. The molecule has 0 bridgehead atoms. The van der Waals surface area contributed by atoms with Crippen LogP contribution >= 0.6 is 0 Å². The van der Waals surface area contributed by atoms with Gasteiger partial charge in [-0.15, -0.1) is 0 Å². The zero-order chi connectivity index (χ0) is 36.7. The number of nitrogens with zero attached hydrogens (tertiary/aromatic N) is 5. The molecule has 0 radical (unpaired) electrons.